The van der Waals surface area contributed by atoms with Crippen LogP contribution in [0.2, 0.25) is 0 Å². The van der Waals surface area contributed by atoms with Gasteiger partial charge in [-0.05, 0) is 12.1 Å². The van der Waals surface area contributed by atoms with E-state index in [0.717, 1.165) is 4.90 Å². The monoisotopic (exact) mass is 458 g/mol. The van der Waals surface area contributed by atoms with Crippen molar-refractivity contribution in [2.45, 2.75) is 57.3 Å². The van der Waals surface area contributed by atoms with Crippen LogP contribution in [0.1, 0.15) is 34.1 Å². The first-order valence-corrected chi connectivity index (χ1v) is 11.5. The molecule has 0 N–H and O–H groups in total. The summed E-state index contributed by atoms with van der Waals surface area (Å²) in [6, 6.07) is 9.57. The van der Waals surface area contributed by atoms with Crippen molar-refractivity contribution < 1.29 is 38.1 Å². The van der Waals surface area contributed by atoms with Gasteiger partial charge in [0.25, 0.3) is 0 Å². The Morgan fingerprint density at radius 1 is 0.800 bits per heavy atom. The normalized spacial score (nSPS) is 13.5. The van der Waals surface area contributed by atoms with Gasteiger partial charge in [-0.3, -0.25) is 19.2 Å². The molecular weight excluding hydrogens is 432 g/mol. The first-order chi connectivity index (χ1) is 14.2. The van der Waals surface area contributed by atoms with E-state index in [-0.39, 0.29) is 18.8 Å². The van der Waals surface area contributed by atoms with Crippen molar-refractivity contribution in [3.8, 4) is 0 Å². The van der Waals surface area contributed by atoms with E-state index in [9.17, 15) is 19.2 Å². The maximum Gasteiger partial charge on any atom is 0.303 e. The fourth-order valence-corrected chi connectivity index (χ4v) is 4.67. The van der Waals surface area contributed by atoms with Gasteiger partial charge in [0.1, 0.15) is 6.10 Å². The molecule has 30 heavy (non-hydrogen) atoms. The van der Waals surface area contributed by atoms with Crippen LogP contribution in [0.5, 0.6) is 0 Å². The number of esters is 4. The van der Waals surface area contributed by atoms with Gasteiger partial charge in [-0.1, -0.05) is 39.8 Å². The third kappa shape index (κ3) is 11.1. The molecule has 0 saturated carbocycles. The lowest BCUT2D eigenvalue weighted by atomic mass is 10.1. The van der Waals surface area contributed by atoms with Crippen molar-refractivity contribution in [2.75, 3.05) is 12.4 Å². The van der Waals surface area contributed by atoms with Crippen LogP contribution < -0.4 is 0 Å². The average Bonchev–Trinajstić information content (AvgIpc) is 2.64. The summed E-state index contributed by atoms with van der Waals surface area (Å²) in [6.45, 7) is 4.87. The molecule has 166 valence electrons. The molecule has 1 aromatic rings. The lowest BCUT2D eigenvalue weighted by Crippen LogP contribution is -2.46. The van der Waals surface area contributed by atoms with Crippen molar-refractivity contribution in [1.29, 1.82) is 0 Å². The van der Waals surface area contributed by atoms with Gasteiger partial charge in [0, 0.05) is 44.8 Å². The van der Waals surface area contributed by atoms with Crippen molar-refractivity contribution in [1.82, 2.24) is 0 Å². The smallest absolute Gasteiger partial charge is 0.303 e. The molecule has 0 fully saturated rings. The fourth-order valence-electron chi connectivity index (χ4n) is 2.46. The second kappa shape index (κ2) is 13.9. The number of carbonyl (C=O) groups excluding carboxylic acids is 4. The summed E-state index contributed by atoms with van der Waals surface area (Å²) in [5.74, 6) is -2.02. The Kier molecular flexibility index (Phi) is 12.0. The molecule has 0 saturated heterocycles. The third-order valence-electron chi connectivity index (χ3n) is 3.51. The number of benzene rings is 1. The van der Waals surface area contributed by atoms with Gasteiger partial charge in [0.2, 0.25) is 0 Å². The van der Waals surface area contributed by atoms with E-state index in [2.05, 4.69) is 0 Å². The first-order valence-electron chi connectivity index (χ1n) is 9.18. The number of rotatable bonds is 12. The molecule has 0 radical (unpaired) electrons. The number of hydrogen-bond donors (Lipinski definition) is 0. The number of ether oxygens (including phenoxy) is 4. The molecule has 0 aromatic heterocycles. The van der Waals surface area contributed by atoms with E-state index in [1.807, 2.05) is 30.3 Å². The predicted octanol–water partition coefficient (Wildman–Crippen LogP) is 3.18. The highest BCUT2D eigenvalue weighted by Gasteiger charge is 2.37. The van der Waals surface area contributed by atoms with Crippen LogP contribution in [0.15, 0.2) is 35.2 Å². The zero-order valence-corrected chi connectivity index (χ0v) is 19.0. The fraction of sp³-hybridized carbons (Fsp3) is 0.500. The summed E-state index contributed by atoms with van der Waals surface area (Å²) >= 11 is 0. The number of hydrogen-bond acceptors (Lipinski definition) is 10. The minimum atomic E-state index is -1.06. The summed E-state index contributed by atoms with van der Waals surface area (Å²) in [7, 11) is 2.87. The first kappa shape index (κ1) is 25.8. The predicted molar refractivity (Wildman–Crippen MR) is 113 cm³/mol. The van der Waals surface area contributed by atoms with E-state index >= 15 is 0 Å². The van der Waals surface area contributed by atoms with Crippen LogP contribution in [0.4, 0.5) is 0 Å². The van der Waals surface area contributed by atoms with Crippen molar-refractivity contribution in [3.63, 3.8) is 0 Å². The SMILES string of the molecule is CC(=O)OCC[C@@H](OC(C)=O)[C@H](OC(C)=O)[C@@H](CSSc1ccccc1)OC(C)=O. The molecule has 0 aliphatic carbocycles. The second-order valence-corrected chi connectivity index (χ2v) is 8.59. The van der Waals surface area contributed by atoms with Crippen molar-refractivity contribution >= 4 is 45.5 Å². The molecule has 10 heteroatoms. The summed E-state index contributed by atoms with van der Waals surface area (Å²) in [4.78, 5) is 47.0. The standard InChI is InChI=1S/C20H26O8S2/c1-13(21)25-11-10-18(26-14(2)22)20(28-16(4)24)19(27-15(3)23)12-29-30-17-8-6-5-7-9-17/h5-9,18-20H,10-12H2,1-4H3/t18-,19-,20+/m1/s1. The summed E-state index contributed by atoms with van der Waals surface area (Å²) < 4.78 is 21.0. The Morgan fingerprint density at radius 3 is 1.90 bits per heavy atom. The van der Waals surface area contributed by atoms with E-state index in [4.69, 9.17) is 18.9 Å². The highest BCUT2D eigenvalue weighted by Crippen LogP contribution is 2.33. The number of carbonyl (C=O) groups is 4. The van der Waals surface area contributed by atoms with Gasteiger partial charge in [0.15, 0.2) is 12.2 Å². The molecule has 0 bridgehead atoms. The molecule has 3 atom stereocenters. The van der Waals surface area contributed by atoms with Crippen LogP contribution in [0, 0.1) is 0 Å². The molecular formula is C20H26O8S2. The summed E-state index contributed by atoms with van der Waals surface area (Å²) in [5, 5.41) is 0. The van der Waals surface area contributed by atoms with Gasteiger partial charge in [0.05, 0.1) is 6.61 Å². The topological polar surface area (TPSA) is 105 Å². The van der Waals surface area contributed by atoms with Gasteiger partial charge in [-0.2, -0.15) is 0 Å². The zero-order chi connectivity index (χ0) is 22.5. The Hall–Kier alpha value is -2.20. The van der Waals surface area contributed by atoms with E-state index < -0.39 is 42.2 Å². The molecule has 0 unspecified atom stereocenters. The Morgan fingerprint density at radius 2 is 1.37 bits per heavy atom. The van der Waals surface area contributed by atoms with Gasteiger partial charge in [-0.25, -0.2) is 0 Å². The van der Waals surface area contributed by atoms with Gasteiger partial charge >= 0.3 is 23.9 Å². The lowest BCUT2D eigenvalue weighted by Gasteiger charge is -2.31. The molecule has 0 amide bonds. The second-order valence-electron chi connectivity index (χ2n) is 6.18. The molecule has 0 heterocycles. The van der Waals surface area contributed by atoms with Crippen molar-refractivity contribution in [2.24, 2.45) is 0 Å². The highest BCUT2D eigenvalue weighted by atomic mass is 33.1. The largest absolute Gasteiger partial charge is 0.466 e. The van der Waals surface area contributed by atoms with Crippen LogP contribution in [0.25, 0.3) is 0 Å². The molecule has 0 aliphatic rings. The molecule has 1 aromatic carbocycles. The van der Waals surface area contributed by atoms with Gasteiger partial charge in [-0.15, -0.1) is 0 Å². The Balaban J connectivity index is 2.98. The van der Waals surface area contributed by atoms with Crippen molar-refractivity contribution in [3.05, 3.63) is 30.3 Å². The van der Waals surface area contributed by atoms with E-state index in [1.165, 1.54) is 49.3 Å². The Bertz CT molecular complexity index is 710. The zero-order valence-electron chi connectivity index (χ0n) is 17.3. The molecule has 0 aliphatic heterocycles. The molecule has 1 rings (SSSR count). The minimum absolute atomic E-state index is 0.0518. The van der Waals surface area contributed by atoms with Crippen LogP contribution in [-0.4, -0.2) is 54.5 Å². The van der Waals surface area contributed by atoms with Crippen LogP contribution in [-0.2, 0) is 38.1 Å². The summed E-state index contributed by atoms with van der Waals surface area (Å²) in [5.41, 5.74) is 0. The minimum Gasteiger partial charge on any atom is -0.466 e. The van der Waals surface area contributed by atoms with Crippen LogP contribution in [0.3, 0.4) is 0 Å². The lowest BCUT2D eigenvalue weighted by molar-refractivity contribution is -0.182. The van der Waals surface area contributed by atoms with E-state index in [0.29, 0.717) is 0 Å². The maximum atomic E-state index is 11.7. The molecule has 0 spiro atoms. The third-order valence-corrected chi connectivity index (χ3v) is 5.89. The highest BCUT2D eigenvalue weighted by molar-refractivity contribution is 8.76. The quantitative estimate of drug-likeness (QED) is 0.263. The maximum absolute atomic E-state index is 11.7. The van der Waals surface area contributed by atoms with E-state index in [1.54, 1.807) is 0 Å². The Labute approximate surface area is 183 Å². The van der Waals surface area contributed by atoms with Crippen LogP contribution >= 0.6 is 21.6 Å². The summed E-state index contributed by atoms with van der Waals surface area (Å²) in [6.07, 6.45) is -2.83. The average molecular weight is 459 g/mol. The van der Waals surface area contributed by atoms with Gasteiger partial charge < -0.3 is 18.9 Å². The molecule has 8 nitrogen and oxygen atoms in total.